The first-order valence-corrected chi connectivity index (χ1v) is 5.12. The zero-order valence-corrected chi connectivity index (χ0v) is 8.59. The van der Waals surface area contributed by atoms with Gasteiger partial charge in [-0.15, -0.1) is 0 Å². The third kappa shape index (κ3) is 2.18. The summed E-state index contributed by atoms with van der Waals surface area (Å²) in [6.45, 7) is 0. The number of nitro benzene ring substituents is 1. The molecular weight excluding hydrogens is 210 g/mol. The lowest BCUT2D eigenvalue weighted by Crippen LogP contribution is -2.24. The van der Waals surface area contributed by atoms with Gasteiger partial charge in [0, 0.05) is 12.1 Å². The van der Waals surface area contributed by atoms with Crippen molar-refractivity contribution in [2.75, 3.05) is 0 Å². The predicted molar refractivity (Wildman–Crippen MR) is 56.2 cm³/mol. The highest BCUT2D eigenvalue weighted by atomic mass is 16.6. The van der Waals surface area contributed by atoms with Gasteiger partial charge in [0.1, 0.15) is 6.10 Å². The quantitative estimate of drug-likeness (QED) is 0.446. The number of esters is 1. The molecule has 0 atom stereocenters. The Morgan fingerprint density at radius 3 is 2.38 bits per heavy atom. The fraction of sp³-hybridized carbons (Fsp3) is 0.364. The van der Waals surface area contributed by atoms with Crippen LogP contribution in [0.2, 0.25) is 0 Å². The Bertz CT molecular complexity index is 408. The molecule has 0 radical (unpaired) electrons. The molecule has 2 rings (SSSR count). The van der Waals surface area contributed by atoms with Gasteiger partial charge in [-0.3, -0.25) is 10.1 Å². The van der Waals surface area contributed by atoms with Crippen LogP contribution in [-0.4, -0.2) is 17.0 Å². The van der Waals surface area contributed by atoms with Crippen molar-refractivity contribution in [1.29, 1.82) is 0 Å². The standard InChI is InChI=1S/C11H11NO4/c13-11(16-10-2-1-3-10)8-4-6-9(7-5-8)12(14)15/h4-7,10H,1-3H2. The number of nitrogens with zero attached hydrogens (tertiary/aromatic N) is 1. The molecule has 1 fully saturated rings. The van der Waals surface area contributed by atoms with Gasteiger partial charge in [0.2, 0.25) is 0 Å². The molecule has 0 unspecified atom stereocenters. The number of hydrogen-bond donors (Lipinski definition) is 0. The molecule has 0 spiro atoms. The normalized spacial score (nSPS) is 15.2. The minimum Gasteiger partial charge on any atom is -0.459 e. The van der Waals surface area contributed by atoms with Crippen LogP contribution in [0.1, 0.15) is 29.6 Å². The SMILES string of the molecule is O=C(OC1CCC1)c1ccc([N+](=O)[O-])cc1. The molecule has 1 saturated carbocycles. The van der Waals surface area contributed by atoms with Crippen molar-refractivity contribution >= 4 is 11.7 Å². The Morgan fingerprint density at radius 2 is 1.94 bits per heavy atom. The van der Waals surface area contributed by atoms with Crippen molar-refractivity contribution in [3.63, 3.8) is 0 Å². The van der Waals surface area contributed by atoms with Gasteiger partial charge in [0.25, 0.3) is 5.69 Å². The molecule has 1 aromatic carbocycles. The molecule has 0 aliphatic heterocycles. The summed E-state index contributed by atoms with van der Waals surface area (Å²) in [5, 5.41) is 10.4. The predicted octanol–water partition coefficient (Wildman–Crippen LogP) is 2.30. The monoisotopic (exact) mass is 221 g/mol. The lowest BCUT2D eigenvalue weighted by Gasteiger charge is -2.25. The fourth-order valence-electron chi connectivity index (χ4n) is 1.43. The van der Waals surface area contributed by atoms with Crippen LogP contribution in [0.25, 0.3) is 0 Å². The molecule has 0 saturated heterocycles. The second-order valence-electron chi connectivity index (χ2n) is 3.76. The third-order valence-electron chi connectivity index (χ3n) is 2.64. The largest absolute Gasteiger partial charge is 0.459 e. The second-order valence-corrected chi connectivity index (χ2v) is 3.76. The summed E-state index contributed by atoms with van der Waals surface area (Å²) in [4.78, 5) is 21.4. The number of carbonyl (C=O) groups is 1. The average Bonchev–Trinajstić information content (AvgIpc) is 2.23. The van der Waals surface area contributed by atoms with Gasteiger partial charge < -0.3 is 4.74 Å². The van der Waals surface area contributed by atoms with E-state index in [4.69, 9.17) is 4.74 Å². The van der Waals surface area contributed by atoms with Crippen molar-refractivity contribution in [1.82, 2.24) is 0 Å². The van der Waals surface area contributed by atoms with Crippen LogP contribution in [-0.2, 0) is 4.74 Å². The van der Waals surface area contributed by atoms with Crippen molar-refractivity contribution in [3.8, 4) is 0 Å². The molecule has 5 heteroatoms. The molecule has 1 aliphatic rings. The zero-order chi connectivity index (χ0) is 11.5. The summed E-state index contributed by atoms with van der Waals surface area (Å²) in [5.41, 5.74) is 0.331. The van der Waals surface area contributed by atoms with Crippen LogP contribution in [0, 0.1) is 10.1 Å². The summed E-state index contributed by atoms with van der Waals surface area (Å²) in [6.07, 6.45) is 2.96. The topological polar surface area (TPSA) is 69.4 Å². The molecule has 5 nitrogen and oxygen atoms in total. The molecule has 1 aliphatic carbocycles. The molecule has 16 heavy (non-hydrogen) atoms. The van der Waals surface area contributed by atoms with Crippen LogP contribution in [0.15, 0.2) is 24.3 Å². The minimum absolute atomic E-state index is 0.0276. The maximum Gasteiger partial charge on any atom is 0.338 e. The van der Waals surface area contributed by atoms with E-state index < -0.39 is 10.9 Å². The summed E-state index contributed by atoms with van der Waals surface area (Å²) in [6, 6.07) is 5.44. The van der Waals surface area contributed by atoms with Gasteiger partial charge in [0.05, 0.1) is 10.5 Å². The minimum atomic E-state index is -0.499. The number of rotatable bonds is 3. The first-order valence-electron chi connectivity index (χ1n) is 5.12. The van der Waals surface area contributed by atoms with Gasteiger partial charge in [-0.05, 0) is 31.4 Å². The molecule has 84 valence electrons. The van der Waals surface area contributed by atoms with Gasteiger partial charge in [-0.2, -0.15) is 0 Å². The number of hydrogen-bond acceptors (Lipinski definition) is 4. The van der Waals surface area contributed by atoms with Crippen LogP contribution in [0.5, 0.6) is 0 Å². The van der Waals surface area contributed by atoms with E-state index in [0.29, 0.717) is 5.56 Å². The first kappa shape index (κ1) is 10.6. The molecule has 1 aromatic rings. The maximum absolute atomic E-state index is 11.5. The Hall–Kier alpha value is -1.91. The Morgan fingerprint density at radius 1 is 1.31 bits per heavy atom. The summed E-state index contributed by atoms with van der Waals surface area (Å²) >= 11 is 0. The van der Waals surface area contributed by atoms with E-state index in [-0.39, 0.29) is 11.8 Å². The van der Waals surface area contributed by atoms with Crippen molar-refractivity contribution in [2.24, 2.45) is 0 Å². The molecule has 0 aromatic heterocycles. The smallest absolute Gasteiger partial charge is 0.338 e. The zero-order valence-electron chi connectivity index (χ0n) is 8.59. The van der Waals surface area contributed by atoms with Crippen molar-refractivity contribution in [3.05, 3.63) is 39.9 Å². The lowest BCUT2D eigenvalue weighted by atomic mass is 9.96. The van der Waals surface area contributed by atoms with Gasteiger partial charge in [-0.25, -0.2) is 4.79 Å². The molecule has 0 bridgehead atoms. The van der Waals surface area contributed by atoms with E-state index in [0.717, 1.165) is 19.3 Å². The van der Waals surface area contributed by atoms with Crippen molar-refractivity contribution in [2.45, 2.75) is 25.4 Å². The van der Waals surface area contributed by atoms with E-state index in [1.54, 1.807) is 0 Å². The van der Waals surface area contributed by atoms with Gasteiger partial charge in [0.15, 0.2) is 0 Å². The molecule has 0 amide bonds. The lowest BCUT2D eigenvalue weighted by molar-refractivity contribution is -0.384. The van der Waals surface area contributed by atoms with Gasteiger partial charge >= 0.3 is 5.97 Å². The van der Waals surface area contributed by atoms with Crippen LogP contribution in [0.3, 0.4) is 0 Å². The number of nitro groups is 1. The molecular formula is C11H11NO4. The first-order chi connectivity index (χ1) is 7.66. The number of ether oxygens (including phenoxy) is 1. The van der Waals surface area contributed by atoms with E-state index in [1.807, 2.05) is 0 Å². The van der Waals surface area contributed by atoms with E-state index >= 15 is 0 Å². The fourth-order valence-corrected chi connectivity index (χ4v) is 1.43. The van der Waals surface area contributed by atoms with Crippen LogP contribution >= 0.6 is 0 Å². The highest BCUT2D eigenvalue weighted by molar-refractivity contribution is 5.89. The van der Waals surface area contributed by atoms with Crippen LogP contribution < -0.4 is 0 Å². The summed E-state index contributed by atoms with van der Waals surface area (Å²) in [5.74, 6) is -0.403. The average molecular weight is 221 g/mol. The summed E-state index contributed by atoms with van der Waals surface area (Å²) < 4.78 is 5.16. The van der Waals surface area contributed by atoms with Gasteiger partial charge in [-0.1, -0.05) is 0 Å². The van der Waals surface area contributed by atoms with Crippen LogP contribution in [0.4, 0.5) is 5.69 Å². The van der Waals surface area contributed by atoms with E-state index in [1.165, 1.54) is 24.3 Å². The Kier molecular flexibility index (Phi) is 2.85. The summed E-state index contributed by atoms with van der Waals surface area (Å²) in [7, 11) is 0. The Labute approximate surface area is 92.2 Å². The van der Waals surface area contributed by atoms with E-state index in [9.17, 15) is 14.9 Å². The number of benzene rings is 1. The maximum atomic E-state index is 11.5. The van der Waals surface area contributed by atoms with Crippen molar-refractivity contribution < 1.29 is 14.5 Å². The highest BCUT2D eigenvalue weighted by Gasteiger charge is 2.22. The molecule has 0 N–H and O–H groups in total. The third-order valence-corrected chi connectivity index (χ3v) is 2.64. The highest BCUT2D eigenvalue weighted by Crippen LogP contribution is 2.23. The van der Waals surface area contributed by atoms with E-state index in [2.05, 4.69) is 0 Å². The Balaban J connectivity index is 2.02. The molecule has 0 heterocycles. The number of non-ortho nitro benzene ring substituents is 1. The second kappa shape index (κ2) is 4.30. The number of carbonyl (C=O) groups excluding carboxylic acids is 1.